The van der Waals surface area contributed by atoms with E-state index in [4.69, 9.17) is 0 Å². The Morgan fingerprint density at radius 1 is 0.941 bits per heavy atom. The van der Waals surface area contributed by atoms with Gasteiger partial charge >= 0.3 is 37.7 Å². The van der Waals surface area contributed by atoms with Gasteiger partial charge in [-0.1, -0.05) is 13.8 Å². The molecule has 0 saturated carbocycles. The quantitative estimate of drug-likeness (QED) is 0.608. The van der Waals surface area contributed by atoms with Crippen LogP contribution in [0.3, 0.4) is 0 Å². The molecule has 0 aliphatic rings. The van der Waals surface area contributed by atoms with Crippen LogP contribution < -0.4 is 10.2 Å². The summed E-state index contributed by atoms with van der Waals surface area (Å²) >= 11 is 2.63. The van der Waals surface area contributed by atoms with Crippen LogP contribution in [0.4, 0.5) is 0 Å². The molecular formula is C10H18CaO4S2. The average molecular weight is 306 g/mol. The SMILES string of the molecule is CCC(SC)C(=O)[O-].CCC(SC)C(=O)[O-].[Ca+2]. The Hall–Kier alpha value is 0.900. The fourth-order valence-electron chi connectivity index (χ4n) is 0.859. The monoisotopic (exact) mass is 306 g/mol. The smallest absolute Gasteiger partial charge is 0.549 e. The van der Waals surface area contributed by atoms with Gasteiger partial charge in [0.2, 0.25) is 0 Å². The fraction of sp³-hybridized carbons (Fsp3) is 0.800. The molecule has 7 heteroatoms. The Morgan fingerprint density at radius 3 is 1.18 bits per heavy atom. The summed E-state index contributed by atoms with van der Waals surface area (Å²) in [6.07, 6.45) is 4.82. The molecule has 0 aliphatic carbocycles. The predicted octanol–water partition coefficient (Wildman–Crippen LogP) is -0.625. The van der Waals surface area contributed by atoms with E-state index in [1.807, 2.05) is 13.8 Å². The summed E-state index contributed by atoms with van der Waals surface area (Å²) in [6.45, 7) is 3.66. The van der Waals surface area contributed by atoms with E-state index in [0.717, 1.165) is 0 Å². The van der Waals surface area contributed by atoms with Gasteiger partial charge in [0.05, 0.1) is 11.9 Å². The maximum atomic E-state index is 10.0. The summed E-state index contributed by atoms with van der Waals surface area (Å²) in [5.41, 5.74) is 0. The molecule has 0 aromatic rings. The number of hydrogen-bond acceptors (Lipinski definition) is 6. The molecule has 0 heterocycles. The largest absolute Gasteiger partial charge is 2.00 e. The van der Waals surface area contributed by atoms with E-state index in [0.29, 0.717) is 12.8 Å². The van der Waals surface area contributed by atoms with Crippen molar-refractivity contribution in [2.75, 3.05) is 12.5 Å². The van der Waals surface area contributed by atoms with Gasteiger partial charge in [-0.2, -0.15) is 23.5 Å². The molecule has 96 valence electrons. The third-order valence-electron chi connectivity index (χ3n) is 1.84. The molecule has 0 spiro atoms. The standard InChI is InChI=1S/2C5H10O2S.Ca/c2*1-3-4(8-2)5(6)7;/h2*4H,3H2,1-2H3,(H,6,7);/q;;+2/p-2. The summed E-state index contributed by atoms with van der Waals surface area (Å²) in [4.78, 5) is 20.1. The van der Waals surface area contributed by atoms with Crippen LogP contribution in [0.25, 0.3) is 0 Å². The summed E-state index contributed by atoms with van der Waals surface area (Å²) in [6, 6.07) is 0. The summed E-state index contributed by atoms with van der Waals surface area (Å²) in [7, 11) is 0. The van der Waals surface area contributed by atoms with Crippen molar-refractivity contribution in [3.8, 4) is 0 Å². The Kier molecular flexibility index (Phi) is 20.3. The third-order valence-corrected chi connectivity index (χ3v) is 4.03. The summed E-state index contributed by atoms with van der Waals surface area (Å²) in [5, 5.41) is 19.4. The molecule has 4 nitrogen and oxygen atoms in total. The fourth-order valence-corrected chi connectivity index (χ4v) is 1.91. The molecule has 17 heavy (non-hydrogen) atoms. The Bertz CT molecular complexity index is 184. The van der Waals surface area contributed by atoms with Crippen LogP contribution in [0.5, 0.6) is 0 Å². The number of rotatable bonds is 6. The van der Waals surface area contributed by atoms with E-state index >= 15 is 0 Å². The van der Waals surface area contributed by atoms with Crippen molar-refractivity contribution in [3.05, 3.63) is 0 Å². The van der Waals surface area contributed by atoms with Crippen LogP contribution in [-0.4, -0.2) is 72.7 Å². The van der Waals surface area contributed by atoms with E-state index in [2.05, 4.69) is 0 Å². The van der Waals surface area contributed by atoms with E-state index in [9.17, 15) is 19.8 Å². The molecule has 2 unspecified atom stereocenters. The van der Waals surface area contributed by atoms with Crippen LogP contribution in [0.2, 0.25) is 0 Å². The molecule has 0 aromatic carbocycles. The Labute approximate surface area is 141 Å². The van der Waals surface area contributed by atoms with Crippen molar-refractivity contribution in [2.24, 2.45) is 0 Å². The number of carboxylic acid groups (broad SMARTS) is 2. The van der Waals surface area contributed by atoms with E-state index in [-0.39, 0.29) is 48.2 Å². The van der Waals surface area contributed by atoms with Crippen molar-refractivity contribution in [2.45, 2.75) is 37.2 Å². The zero-order valence-corrected chi connectivity index (χ0v) is 14.6. The van der Waals surface area contributed by atoms with Gasteiger partial charge in [0.25, 0.3) is 0 Å². The summed E-state index contributed by atoms with van der Waals surface area (Å²) < 4.78 is 0. The number of thioether (sulfide) groups is 2. The van der Waals surface area contributed by atoms with Gasteiger partial charge in [-0.05, 0) is 25.4 Å². The van der Waals surface area contributed by atoms with Crippen molar-refractivity contribution in [1.29, 1.82) is 0 Å². The first-order chi connectivity index (χ1) is 7.44. The third kappa shape index (κ3) is 13.1. The first kappa shape index (κ1) is 23.0. The van der Waals surface area contributed by atoms with Gasteiger partial charge < -0.3 is 19.8 Å². The van der Waals surface area contributed by atoms with Crippen LogP contribution in [0.1, 0.15) is 26.7 Å². The number of aliphatic carboxylic acids is 2. The second-order valence-corrected chi connectivity index (χ2v) is 4.98. The molecule has 0 radical (unpaired) electrons. The zero-order chi connectivity index (χ0) is 13.1. The number of hydrogen-bond donors (Lipinski definition) is 0. The molecular weight excluding hydrogens is 288 g/mol. The molecule has 0 amide bonds. The topological polar surface area (TPSA) is 80.3 Å². The average Bonchev–Trinajstić information content (AvgIpc) is 2.21. The Morgan fingerprint density at radius 2 is 1.18 bits per heavy atom. The van der Waals surface area contributed by atoms with Crippen molar-refractivity contribution in [3.63, 3.8) is 0 Å². The second-order valence-electron chi connectivity index (χ2n) is 2.90. The minimum absolute atomic E-state index is 0. The van der Waals surface area contributed by atoms with Crippen LogP contribution in [0, 0.1) is 0 Å². The van der Waals surface area contributed by atoms with Gasteiger partial charge in [0.1, 0.15) is 0 Å². The maximum Gasteiger partial charge on any atom is 2.00 e. The first-order valence-corrected chi connectivity index (χ1v) is 7.49. The molecule has 0 rings (SSSR count). The van der Waals surface area contributed by atoms with Gasteiger partial charge in [-0.25, -0.2) is 0 Å². The molecule has 0 saturated heterocycles. The number of carbonyl (C=O) groups is 2. The molecule has 0 fully saturated rings. The molecule has 0 N–H and O–H groups in total. The first-order valence-electron chi connectivity index (χ1n) is 4.91. The molecule has 0 bridgehead atoms. The van der Waals surface area contributed by atoms with E-state index in [1.165, 1.54) is 23.5 Å². The normalized spacial score (nSPS) is 12.5. The van der Waals surface area contributed by atoms with Crippen molar-refractivity contribution in [1.82, 2.24) is 0 Å². The van der Waals surface area contributed by atoms with Gasteiger partial charge in [0.15, 0.2) is 0 Å². The minimum Gasteiger partial charge on any atom is -0.549 e. The predicted molar refractivity (Wildman–Crippen MR) is 71.0 cm³/mol. The number of carboxylic acids is 2. The van der Waals surface area contributed by atoms with Crippen LogP contribution in [0.15, 0.2) is 0 Å². The second kappa shape index (κ2) is 15.0. The van der Waals surface area contributed by atoms with Gasteiger partial charge in [0, 0.05) is 10.5 Å². The van der Waals surface area contributed by atoms with Gasteiger partial charge in [-0.3, -0.25) is 0 Å². The van der Waals surface area contributed by atoms with Crippen molar-refractivity contribution < 1.29 is 19.8 Å². The summed E-state index contributed by atoms with van der Waals surface area (Å²) in [5.74, 6) is -1.92. The van der Waals surface area contributed by atoms with Crippen molar-refractivity contribution >= 4 is 73.2 Å². The Balaban J connectivity index is -0.000000218. The minimum atomic E-state index is -0.958. The zero-order valence-electron chi connectivity index (χ0n) is 10.7. The molecule has 0 aliphatic heterocycles. The van der Waals surface area contributed by atoms with Gasteiger partial charge in [-0.15, -0.1) is 0 Å². The van der Waals surface area contributed by atoms with Crippen LogP contribution >= 0.6 is 23.5 Å². The van der Waals surface area contributed by atoms with E-state index in [1.54, 1.807) is 12.5 Å². The molecule has 0 aromatic heterocycles. The van der Waals surface area contributed by atoms with E-state index < -0.39 is 11.9 Å². The maximum absolute atomic E-state index is 10.0. The van der Waals surface area contributed by atoms with Crippen LogP contribution in [-0.2, 0) is 9.59 Å². The molecule has 2 atom stereocenters. The number of carbonyl (C=O) groups excluding carboxylic acids is 2.